The normalized spacial score (nSPS) is 44.7. The summed E-state index contributed by atoms with van der Waals surface area (Å²) in [5, 5.41) is 10.9. The summed E-state index contributed by atoms with van der Waals surface area (Å²) >= 11 is 1.65. The fraction of sp³-hybridized carbons (Fsp3) is 0.500. The molecule has 1 aliphatic carbocycles. The summed E-state index contributed by atoms with van der Waals surface area (Å²) in [4.78, 5) is 10.3. The van der Waals surface area contributed by atoms with Crippen LogP contribution in [0.25, 0.3) is 0 Å². The van der Waals surface area contributed by atoms with Crippen molar-refractivity contribution in [1.29, 1.82) is 0 Å². The zero-order chi connectivity index (χ0) is 6.43. The Bertz CT molecular complexity index is 187. The van der Waals surface area contributed by atoms with E-state index in [9.17, 15) is 4.79 Å². The maximum absolute atomic E-state index is 10.3. The highest BCUT2D eigenvalue weighted by Gasteiger charge is 2.55. The number of carbonyl (C=O) groups is 1. The largest absolute Gasteiger partial charge is 0.481 e. The Balaban J connectivity index is 2.10. The SMILES string of the molecule is O=C(O)C1C2C=CSC21. The molecule has 0 saturated heterocycles. The maximum atomic E-state index is 10.3. The molecule has 2 rings (SSSR count). The lowest BCUT2D eigenvalue weighted by Crippen LogP contribution is -2.01. The summed E-state index contributed by atoms with van der Waals surface area (Å²) < 4.78 is 0. The first kappa shape index (κ1) is 5.35. The smallest absolute Gasteiger partial charge is 0.308 e. The van der Waals surface area contributed by atoms with Crippen molar-refractivity contribution in [2.24, 2.45) is 11.8 Å². The lowest BCUT2D eigenvalue weighted by molar-refractivity contribution is -0.138. The van der Waals surface area contributed by atoms with Crippen LogP contribution in [-0.4, -0.2) is 16.3 Å². The van der Waals surface area contributed by atoms with Crippen molar-refractivity contribution in [3.05, 3.63) is 11.5 Å². The number of hydrogen-bond acceptors (Lipinski definition) is 2. The molecule has 1 aliphatic heterocycles. The molecule has 1 fully saturated rings. The molecule has 0 amide bonds. The Kier molecular flexibility index (Phi) is 0.913. The Labute approximate surface area is 56.9 Å². The molecule has 1 N–H and O–H groups in total. The molecule has 3 unspecified atom stereocenters. The number of thioether (sulfide) groups is 1. The summed E-state index contributed by atoms with van der Waals surface area (Å²) in [6.45, 7) is 0. The molecular weight excluding hydrogens is 136 g/mol. The zero-order valence-electron chi connectivity index (χ0n) is 4.65. The van der Waals surface area contributed by atoms with Crippen LogP contribution in [0.1, 0.15) is 0 Å². The minimum Gasteiger partial charge on any atom is -0.481 e. The maximum Gasteiger partial charge on any atom is 0.308 e. The third-order valence-corrected chi connectivity index (χ3v) is 3.06. The van der Waals surface area contributed by atoms with Crippen LogP contribution >= 0.6 is 11.8 Å². The topological polar surface area (TPSA) is 37.3 Å². The summed E-state index contributed by atoms with van der Waals surface area (Å²) in [6.07, 6.45) is 1.99. The lowest BCUT2D eigenvalue weighted by atomic mass is 10.3. The molecule has 0 aromatic carbocycles. The van der Waals surface area contributed by atoms with E-state index in [1.807, 2.05) is 11.5 Å². The molecule has 48 valence electrons. The molecule has 3 heteroatoms. The Morgan fingerprint density at radius 3 is 2.78 bits per heavy atom. The number of rotatable bonds is 1. The molecule has 0 spiro atoms. The third kappa shape index (κ3) is 0.611. The summed E-state index contributed by atoms with van der Waals surface area (Å²) in [5.74, 6) is -0.352. The van der Waals surface area contributed by atoms with Crippen LogP contribution in [0, 0.1) is 11.8 Å². The first-order chi connectivity index (χ1) is 4.30. The van der Waals surface area contributed by atoms with E-state index >= 15 is 0 Å². The van der Waals surface area contributed by atoms with Crippen molar-refractivity contribution in [1.82, 2.24) is 0 Å². The number of hydrogen-bond donors (Lipinski definition) is 1. The van der Waals surface area contributed by atoms with E-state index in [-0.39, 0.29) is 5.92 Å². The van der Waals surface area contributed by atoms with Crippen LogP contribution in [0.5, 0.6) is 0 Å². The average molecular weight is 142 g/mol. The molecule has 0 aromatic heterocycles. The van der Waals surface area contributed by atoms with Crippen LogP contribution in [0.2, 0.25) is 0 Å². The summed E-state index contributed by atoms with van der Waals surface area (Å²) in [6, 6.07) is 0. The van der Waals surface area contributed by atoms with E-state index in [1.54, 1.807) is 11.8 Å². The fourth-order valence-corrected chi connectivity index (χ4v) is 2.51. The zero-order valence-corrected chi connectivity index (χ0v) is 5.47. The third-order valence-electron chi connectivity index (χ3n) is 1.83. The highest BCUT2D eigenvalue weighted by Crippen LogP contribution is 2.54. The summed E-state index contributed by atoms with van der Waals surface area (Å²) in [5.41, 5.74) is 0. The van der Waals surface area contributed by atoms with Gasteiger partial charge in [0.25, 0.3) is 0 Å². The Morgan fingerprint density at radius 2 is 2.44 bits per heavy atom. The van der Waals surface area contributed by atoms with Crippen molar-refractivity contribution < 1.29 is 9.90 Å². The average Bonchev–Trinajstić information content (AvgIpc) is 2.30. The van der Waals surface area contributed by atoms with Gasteiger partial charge in [-0.15, -0.1) is 11.8 Å². The molecule has 2 nitrogen and oxygen atoms in total. The molecular formula is C6H6O2S. The second-order valence-electron chi connectivity index (χ2n) is 2.37. The Hall–Kier alpha value is -0.440. The van der Waals surface area contributed by atoms with Gasteiger partial charge in [0.1, 0.15) is 0 Å². The number of allylic oxidation sites excluding steroid dienone is 1. The first-order valence-electron chi connectivity index (χ1n) is 2.85. The van der Waals surface area contributed by atoms with Gasteiger partial charge in [0.15, 0.2) is 0 Å². The molecule has 3 atom stereocenters. The van der Waals surface area contributed by atoms with Crippen LogP contribution in [0.4, 0.5) is 0 Å². The van der Waals surface area contributed by atoms with Gasteiger partial charge in [-0.25, -0.2) is 0 Å². The van der Waals surface area contributed by atoms with Crippen molar-refractivity contribution in [3.8, 4) is 0 Å². The van der Waals surface area contributed by atoms with Gasteiger partial charge in [0.05, 0.1) is 5.92 Å². The predicted octanol–water partition coefficient (Wildman–Crippen LogP) is 0.946. The monoisotopic (exact) mass is 142 g/mol. The molecule has 0 bridgehead atoms. The number of carboxylic acid groups (broad SMARTS) is 1. The highest BCUT2D eigenvalue weighted by molar-refractivity contribution is 8.03. The van der Waals surface area contributed by atoms with E-state index in [4.69, 9.17) is 5.11 Å². The highest BCUT2D eigenvalue weighted by atomic mass is 32.2. The van der Waals surface area contributed by atoms with Gasteiger partial charge in [-0.1, -0.05) is 6.08 Å². The quantitative estimate of drug-likeness (QED) is 0.592. The minimum absolute atomic E-state index is 0.0694. The number of fused-ring (bicyclic) bond motifs is 1. The van der Waals surface area contributed by atoms with Gasteiger partial charge in [-0.3, -0.25) is 4.79 Å². The van der Waals surface area contributed by atoms with Crippen LogP contribution in [-0.2, 0) is 4.79 Å². The van der Waals surface area contributed by atoms with Crippen molar-refractivity contribution in [3.63, 3.8) is 0 Å². The second kappa shape index (κ2) is 1.53. The van der Waals surface area contributed by atoms with Crippen molar-refractivity contribution in [2.45, 2.75) is 5.25 Å². The standard InChI is InChI=1S/C6H6O2S/c7-6(8)4-3-1-2-9-5(3)4/h1-5H,(H,7,8). The van der Waals surface area contributed by atoms with Crippen LogP contribution in [0.15, 0.2) is 11.5 Å². The number of carboxylic acids is 1. The first-order valence-corrected chi connectivity index (χ1v) is 3.80. The Morgan fingerprint density at radius 1 is 1.67 bits per heavy atom. The molecule has 1 saturated carbocycles. The van der Waals surface area contributed by atoms with Gasteiger partial charge < -0.3 is 5.11 Å². The van der Waals surface area contributed by atoms with Gasteiger partial charge >= 0.3 is 5.97 Å². The minimum atomic E-state index is -0.637. The van der Waals surface area contributed by atoms with Crippen molar-refractivity contribution in [2.75, 3.05) is 0 Å². The van der Waals surface area contributed by atoms with Crippen molar-refractivity contribution >= 4 is 17.7 Å². The van der Waals surface area contributed by atoms with Crippen LogP contribution < -0.4 is 0 Å². The van der Waals surface area contributed by atoms with Gasteiger partial charge in [0.2, 0.25) is 0 Å². The molecule has 0 aromatic rings. The van der Waals surface area contributed by atoms with E-state index in [2.05, 4.69) is 0 Å². The molecule has 2 aliphatic rings. The fourth-order valence-electron chi connectivity index (χ4n) is 1.24. The number of aliphatic carboxylic acids is 1. The van der Waals surface area contributed by atoms with E-state index in [0.717, 1.165) is 0 Å². The molecule has 0 radical (unpaired) electrons. The van der Waals surface area contributed by atoms with Gasteiger partial charge in [-0.05, 0) is 5.41 Å². The molecule has 9 heavy (non-hydrogen) atoms. The lowest BCUT2D eigenvalue weighted by Gasteiger charge is -1.87. The van der Waals surface area contributed by atoms with E-state index in [0.29, 0.717) is 11.2 Å². The second-order valence-corrected chi connectivity index (χ2v) is 3.46. The molecule has 1 heterocycles. The van der Waals surface area contributed by atoms with Gasteiger partial charge in [-0.2, -0.15) is 0 Å². The van der Waals surface area contributed by atoms with Gasteiger partial charge in [0, 0.05) is 11.2 Å². The predicted molar refractivity (Wildman–Crippen MR) is 35.1 cm³/mol. The van der Waals surface area contributed by atoms with E-state index < -0.39 is 5.97 Å². The summed E-state index contributed by atoms with van der Waals surface area (Å²) in [7, 11) is 0. The van der Waals surface area contributed by atoms with E-state index in [1.165, 1.54) is 0 Å². The van der Waals surface area contributed by atoms with Crippen LogP contribution in [0.3, 0.4) is 0 Å².